The highest BCUT2D eigenvalue weighted by Gasteiger charge is 2.46. The molecule has 1 fully saturated rings. The summed E-state index contributed by atoms with van der Waals surface area (Å²) in [7, 11) is 1.61. The number of aromatic amines is 1. The number of hydrogen-bond acceptors (Lipinski definition) is 4. The summed E-state index contributed by atoms with van der Waals surface area (Å²) >= 11 is 6.52. The monoisotopic (exact) mass is 486 g/mol. The average Bonchev–Trinajstić information content (AvgIpc) is 3.40. The maximum Gasteiger partial charge on any atom is 0.295 e. The largest absolute Gasteiger partial charge is 0.507 e. The van der Waals surface area contributed by atoms with Gasteiger partial charge in [0.05, 0.1) is 18.7 Å². The van der Waals surface area contributed by atoms with Crippen molar-refractivity contribution in [1.82, 2.24) is 9.88 Å². The Bertz CT molecular complexity index is 1460. The summed E-state index contributed by atoms with van der Waals surface area (Å²) in [6, 6.07) is 20.8. The number of halogens is 1. The molecule has 0 saturated carbocycles. The van der Waals surface area contributed by atoms with Crippen molar-refractivity contribution in [2.45, 2.75) is 12.5 Å². The van der Waals surface area contributed by atoms with Gasteiger partial charge in [-0.25, -0.2) is 0 Å². The SMILES string of the molecule is COc1ccc2[nH]cc(CCN3C(=O)C(=O)C(=C(O)c4ccccc4)[C@@H]3c3ccccc3Cl)c2c1. The van der Waals surface area contributed by atoms with E-state index in [2.05, 4.69) is 4.98 Å². The number of rotatable bonds is 6. The molecule has 0 bridgehead atoms. The lowest BCUT2D eigenvalue weighted by Gasteiger charge is -2.26. The Labute approximate surface area is 207 Å². The number of H-pyrrole nitrogens is 1. The summed E-state index contributed by atoms with van der Waals surface area (Å²) in [6.45, 7) is 0.260. The van der Waals surface area contributed by atoms with E-state index < -0.39 is 17.7 Å². The number of ketones is 1. The molecule has 1 aliphatic heterocycles. The number of aliphatic hydroxyl groups excluding tert-OH is 1. The second kappa shape index (κ2) is 9.31. The maximum absolute atomic E-state index is 13.2. The fourth-order valence-electron chi connectivity index (χ4n) is 4.61. The van der Waals surface area contributed by atoms with Gasteiger partial charge >= 0.3 is 0 Å². The topological polar surface area (TPSA) is 82.6 Å². The zero-order valence-corrected chi connectivity index (χ0v) is 19.8. The normalized spacial score (nSPS) is 17.3. The second-order valence-electron chi connectivity index (χ2n) is 8.36. The molecule has 7 heteroatoms. The van der Waals surface area contributed by atoms with E-state index in [4.69, 9.17) is 16.3 Å². The maximum atomic E-state index is 13.2. The number of carbonyl (C=O) groups is 2. The van der Waals surface area contributed by atoms with E-state index in [1.54, 1.807) is 55.6 Å². The van der Waals surface area contributed by atoms with Crippen molar-refractivity contribution in [2.75, 3.05) is 13.7 Å². The Morgan fingerprint density at radius 3 is 2.54 bits per heavy atom. The number of fused-ring (bicyclic) bond motifs is 1. The molecule has 1 saturated heterocycles. The number of methoxy groups -OCH3 is 1. The quantitative estimate of drug-likeness (QED) is 0.214. The van der Waals surface area contributed by atoms with Gasteiger partial charge in [-0.2, -0.15) is 0 Å². The first-order chi connectivity index (χ1) is 17.0. The van der Waals surface area contributed by atoms with Crippen LogP contribution in [0.4, 0.5) is 0 Å². The Hall–Kier alpha value is -4.03. The zero-order chi connectivity index (χ0) is 24.5. The molecule has 2 N–H and O–H groups in total. The van der Waals surface area contributed by atoms with E-state index in [1.165, 1.54) is 4.90 Å². The van der Waals surface area contributed by atoms with Crippen molar-refractivity contribution < 1.29 is 19.4 Å². The van der Waals surface area contributed by atoms with Gasteiger partial charge in [0.2, 0.25) is 0 Å². The summed E-state index contributed by atoms with van der Waals surface area (Å²) in [6.07, 6.45) is 2.39. The molecule has 1 aliphatic rings. The molecule has 1 atom stereocenters. The van der Waals surface area contributed by atoms with Crippen LogP contribution in [0, 0.1) is 0 Å². The molecule has 0 radical (unpaired) electrons. The lowest BCUT2D eigenvalue weighted by molar-refractivity contribution is -0.139. The number of aromatic nitrogens is 1. The minimum absolute atomic E-state index is 0.0369. The van der Waals surface area contributed by atoms with Crippen LogP contribution in [0.15, 0.2) is 84.6 Å². The van der Waals surface area contributed by atoms with Gasteiger partial charge in [-0.05, 0) is 41.8 Å². The van der Waals surface area contributed by atoms with Gasteiger partial charge in [0.25, 0.3) is 11.7 Å². The fraction of sp³-hybridized carbons (Fsp3) is 0.143. The van der Waals surface area contributed by atoms with Crippen LogP contribution in [0.25, 0.3) is 16.7 Å². The van der Waals surface area contributed by atoms with Gasteiger partial charge in [0.1, 0.15) is 11.5 Å². The van der Waals surface area contributed by atoms with E-state index in [0.717, 1.165) is 22.2 Å². The van der Waals surface area contributed by atoms with Crippen LogP contribution >= 0.6 is 11.6 Å². The molecule has 0 spiro atoms. The Morgan fingerprint density at radius 2 is 1.80 bits per heavy atom. The Morgan fingerprint density at radius 1 is 1.06 bits per heavy atom. The van der Waals surface area contributed by atoms with Crippen LogP contribution in [0.3, 0.4) is 0 Å². The molecule has 5 rings (SSSR count). The molecule has 0 aliphatic carbocycles. The number of ether oxygens (including phenoxy) is 1. The Kier molecular flexibility index (Phi) is 6.05. The minimum Gasteiger partial charge on any atom is -0.507 e. The van der Waals surface area contributed by atoms with Crippen LogP contribution in [0.2, 0.25) is 5.02 Å². The number of amides is 1. The molecular weight excluding hydrogens is 464 g/mol. The van der Waals surface area contributed by atoms with Gasteiger partial charge in [0, 0.05) is 34.2 Å². The highest BCUT2D eigenvalue weighted by atomic mass is 35.5. The summed E-state index contributed by atoms with van der Waals surface area (Å²) in [5.74, 6) is -0.868. The van der Waals surface area contributed by atoms with E-state index >= 15 is 0 Å². The van der Waals surface area contributed by atoms with Gasteiger partial charge in [0.15, 0.2) is 0 Å². The van der Waals surface area contributed by atoms with E-state index in [1.807, 2.05) is 30.5 Å². The number of nitrogens with one attached hydrogen (secondary N) is 1. The second-order valence-corrected chi connectivity index (χ2v) is 8.76. The van der Waals surface area contributed by atoms with Crippen molar-refractivity contribution in [2.24, 2.45) is 0 Å². The molecule has 6 nitrogen and oxygen atoms in total. The minimum atomic E-state index is -0.802. The molecule has 4 aromatic rings. The third kappa shape index (κ3) is 4.06. The lowest BCUT2D eigenvalue weighted by Crippen LogP contribution is -2.31. The van der Waals surface area contributed by atoms with Gasteiger partial charge in [-0.15, -0.1) is 0 Å². The first-order valence-electron chi connectivity index (χ1n) is 11.2. The van der Waals surface area contributed by atoms with Crippen LogP contribution in [0.1, 0.15) is 22.7 Å². The van der Waals surface area contributed by atoms with Crippen molar-refractivity contribution in [1.29, 1.82) is 0 Å². The molecule has 176 valence electrons. The van der Waals surface area contributed by atoms with Gasteiger partial charge in [-0.1, -0.05) is 60.1 Å². The van der Waals surface area contributed by atoms with Crippen molar-refractivity contribution in [3.63, 3.8) is 0 Å². The smallest absolute Gasteiger partial charge is 0.295 e. The van der Waals surface area contributed by atoms with Crippen molar-refractivity contribution in [3.05, 3.63) is 106 Å². The molecule has 3 aromatic carbocycles. The summed E-state index contributed by atoms with van der Waals surface area (Å²) < 4.78 is 5.35. The molecular formula is C28H23ClN2O4. The number of aliphatic hydroxyl groups is 1. The van der Waals surface area contributed by atoms with Crippen LogP contribution in [-0.4, -0.2) is 40.3 Å². The highest BCUT2D eigenvalue weighted by molar-refractivity contribution is 6.47. The summed E-state index contributed by atoms with van der Waals surface area (Å²) in [4.78, 5) is 31.2. The number of Topliss-reactive ketones (excluding diaryl/α,β-unsaturated/α-hetero) is 1. The van der Waals surface area contributed by atoms with E-state index in [-0.39, 0.29) is 17.9 Å². The average molecular weight is 487 g/mol. The standard InChI is InChI=1S/C28H23ClN2O4/c1-35-19-11-12-23-21(15-19)18(16-30-23)13-14-31-25(20-9-5-6-10-22(20)29)24(27(33)28(31)34)26(32)17-7-3-2-4-8-17/h2-12,15-16,25,30,32H,13-14H2,1H3/t25-/m0/s1. The highest BCUT2D eigenvalue weighted by Crippen LogP contribution is 2.42. The Balaban J connectivity index is 1.56. The van der Waals surface area contributed by atoms with Crippen molar-refractivity contribution in [3.8, 4) is 5.75 Å². The molecule has 1 aromatic heterocycles. The predicted molar refractivity (Wildman–Crippen MR) is 135 cm³/mol. The van der Waals surface area contributed by atoms with Crippen LogP contribution in [0.5, 0.6) is 5.75 Å². The molecule has 35 heavy (non-hydrogen) atoms. The first-order valence-corrected chi connectivity index (χ1v) is 11.6. The van der Waals surface area contributed by atoms with Gasteiger partial charge < -0.3 is 19.7 Å². The number of benzene rings is 3. The summed E-state index contributed by atoms with van der Waals surface area (Å²) in [5, 5.41) is 12.5. The first kappa shape index (κ1) is 22.7. The number of nitrogens with zero attached hydrogens (tertiary/aromatic N) is 1. The number of hydrogen-bond donors (Lipinski definition) is 2. The fourth-order valence-corrected chi connectivity index (χ4v) is 4.85. The van der Waals surface area contributed by atoms with E-state index in [0.29, 0.717) is 22.6 Å². The van der Waals surface area contributed by atoms with Crippen LogP contribution in [-0.2, 0) is 16.0 Å². The summed E-state index contributed by atoms with van der Waals surface area (Å²) in [5.41, 5.74) is 3.03. The van der Waals surface area contributed by atoms with Crippen molar-refractivity contribution >= 4 is 40.0 Å². The van der Waals surface area contributed by atoms with E-state index in [9.17, 15) is 14.7 Å². The number of likely N-dealkylation sites (tertiary alicyclic amines) is 1. The van der Waals surface area contributed by atoms with Gasteiger partial charge in [-0.3, -0.25) is 9.59 Å². The molecule has 2 heterocycles. The predicted octanol–water partition coefficient (Wildman–Crippen LogP) is 5.49. The van der Waals surface area contributed by atoms with Crippen LogP contribution < -0.4 is 4.74 Å². The molecule has 0 unspecified atom stereocenters. The third-order valence-corrected chi connectivity index (χ3v) is 6.73. The zero-order valence-electron chi connectivity index (χ0n) is 19.0. The lowest BCUT2D eigenvalue weighted by atomic mass is 9.95. The molecule has 1 amide bonds. The number of carbonyl (C=O) groups excluding carboxylic acids is 2. The third-order valence-electron chi connectivity index (χ3n) is 6.38.